The van der Waals surface area contributed by atoms with Gasteiger partial charge in [-0.3, -0.25) is 0 Å². The Kier molecular flexibility index (Phi) is 12.3. The number of ether oxygens (including phenoxy) is 5. The molecule has 8 heteroatoms. The van der Waals surface area contributed by atoms with Crippen LogP contribution >= 0.6 is 0 Å². The van der Waals surface area contributed by atoms with Crippen LogP contribution in [-0.2, 0) is 23.7 Å². The van der Waals surface area contributed by atoms with E-state index in [1.165, 1.54) is 18.6 Å². The summed E-state index contributed by atoms with van der Waals surface area (Å²) in [6.45, 7) is 1.60. The topological polar surface area (TPSA) is 83.5 Å². The fourth-order valence-corrected chi connectivity index (χ4v) is 5.53. The molecule has 1 aliphatic carbocycles. The van der Waals surface area contributed by atoms with E-state index in [4.69, 9.17) is 23.7 Å². The maximum absolute atomic E-state index is 13.3. The zero-order valence-corrected chi connectivity index (χ0v) is 23.3. The summed E-state index contributed by atoms with van der Waals surface area (Å²) in [7, 11) is 0. The lowest BCUT2D eigenvalue weighted by Gasteiger charge is -2.37. The Bertz CT molecular complexity index is 986. The van der Waals surface area contributed by atoms with Crippen molar-refractivity contribution in [2.24, 2.45) is 11.8 Å². The third-order valence-electron chi connectivity index (χ3n) is 7.72. The van der Waals surface area contributed by atoms with Crippen molar-refractivity contribution in [2.45, 2.75) is 95.4 Å². The molecule has 0 bridgehead atoms. The number of aliphatic carboxylic acids is 1. The minimum Gasteiger partial charge on any atom is -0.493 e. The lowest BCUT2D eigenvalue weighted by molar-refractivity contribution is -0.349. The quantitative estimate of drug-likeness (QED) is 0.115. The Hall–Kier alpha value is -2.48. The van der Waals surface area contributed by atoms with E-state index in [0.717, 1.165) is 51.4 Å². The molecule has 0 aromatic heterocycles. The second-order valence-corrected chi connectivity index (χ2v) is 10.8. The van der Waals surface area contributed by atoms with E-state index in [9.17, 15) is 14.3 Å². The molecule has 2 aliphatic heterocycles. The number of carboxylic acids is 1. The maximum Gasteiger partial charge on any atom is 0.364 e. The van der Waals surface area contributed by atoms with Gasteiger partial charge in [0, 0.05) is 25.7 Å². The number of benzene rings is 1. The van der Waals surface area contributed by atoms with E-state index in [0.29, 0.717) is 50.2 Å². The number of carboxylic acid groups (broad SMARTS) is 1. The average Bonchev–Trinajstić information content (AvgIpc) is 3.40. The first-order valence-electron chi connectivity index (χ1n) is 14.8. The molecule has 7 nitrogen and oxygen atoms in total. The van der Waals surface area contributed by atoms with Crippen LogP contribution in [0.2, 0.25) is 0 Å². The predicted octanol–water partition coefficient (Wildman–Crippen LogP) is 6.93. The second kappa shape index (κ2) is 16.1. The van der Waals surface area contributed by atoms with Gasteiger partial charge in [0.25, 0.3) is 5.79 Å². The smallest absolute Gasteiger partial charge is 0.364 e. The van der Waals surface area contributed by atoms with Crippen LogP contribution in [0.3, 0.4) is 0 Å². The van der Waals surface area contributed by atoms with Crippen LogP contribution in [0.5, 0.6) is 5.75 Å². The summed E-state index contributed by atoms with van der Waals surface area (Å²) in [5, 5.41) is 10.2. The Morgan fingerprint density at radius 1 is 1.02 bits per heavy atom. The zero-order valence-electron chi connectivity index (χ0n) is 23.3. The molecule has 1 aromatic rings. The van der Waals surface area contributed by atoms with E-state index < -0.39 is 24.3 Å². The van der Waals surface area contributed by atoms with Crippen molar-refractivity contribution in [1.29, 1.82) is 0 Å². The average molecular weight is 559 g/mol. The van der Waals surface area contributed by atoms with Gasteiger partial charge in [-0.2, -0.15) is 0 Å². The van der Waals surface area contributed by atoms with Crippen molar-refractivity contribution in [3.05, 3.63) is 60.1 Å². The SMILES string of the molecule is O=C(O)C(CC=C=CC[C@H]1CCC[C@@H]1/C=C/CCOc1cccc(F)c1)(OC1CCCCO1)OC1CCCCO1. The lowest BCUT2D eigenvalue weighted by atomic mass is 9.92. The van der Waals surface area contributed by atoms with Gasteiger partial charge in [-0.05, 0) is 100 Å². The Morgan fingerprint density at radius 3 is 2.42 bits per heavy atom. The maximum atomic E-state index is 13.3. The van der Waals surface area contributed by atoms with Crippen LogP contribution < -0.4 is 4.74 Å². The molecule has 2 unspecified atom stereocenters. The van der Waals surface area contributed by atoms with Crippen molar-refractivity contribution >= 4 is 5.97 Å². The highest BCUT2D eigenvalue weighted by Gasteiger charge is 2.46. The normalized spacial score (nSPS) is 26.6. The van der Waals surface area contributed by atoms with Crippen molar-refractivity contribution in [2.75, 3.05) is 19.8 Å². The summed E-state index contributed by atoms with van der Waals surface area (Å²) >= 11 is 0. The third-order valence-corrected chi connectivity index (χ3v) is 7.72. The van der Waals surface area contributed by atoms with Crippen molar-refractivity contribution in [3.63, 3.8) is 0 Å². The summed E-state index contributed by atoms with van der Waals surface area (Å²) in [6, 6.07) is 6.19. The summed E-state index contributed by atoms with van der Waals surface area (Å²) in [4.78, 5) is 12.5. The first-order valence-corrected chi connectivity index (χ1v) is 14.8. The Labute approximate surface area is 237 Å². The molecular formula is C32H43FO7. The minimum atomic E-state index is -1.88. The largest absolute Gasteiger partial charge is 0.493 e. The fraction of sp³-hybridized carbons (Fsp3) is 0.625. The van der Waals surface area contributed by atoms with E-state index in [1.807, 2.05) is 6.08 Å². The van der Waals surface area contributed by atoms with Gasteiger partial charge in [0.2, 0.25) is 0 Å². The van der Waals surface area contributed by atoms with Gasteiger partial charge in [0.1, 0.15) is 11.6 Å². The molecule has 2 heterocycles. The third kappa shape index (κ3) is 9.57. The standard InChI is InChI=1S/C32H43FO7/c33-27-16-11-17-28(24-27)36-21-7-3-13-26-15-10-14-25(26)12-2-1-6-20-32(31(34)35,39-29-18-4-8-22-37-29)40-30-19-5-9-23-38-30/h2-3,6,11,13,16-17,24-26,29-30H,4-5,7-10,12,14-15,18-23H2,(H,34,35)/b13-3+/t1?,25-,26-,29?,30?,32?/m0/s1. The van der Waals surface area contributed by atoms with Crippen molar-refractivity contribution in [3.8, 4) is 5.75 Å². The van der Waals surface area contributed by atoms with Crippen LogP contribution in [0.15, 0.2) is 54.3 Å². The van der Waals surface area contributed by atoms with E-state index in [-0.39, 0.29) is 12.2 Å². The molecule has 0 radical (unpaired) electrons. The van der Waals surface area contributed by atoms with E-state index in [2.05, 4.69) is 17.9 Å². The highest BCUT2D eigenvalue weighted by Crippen LogP contribution is 2.35. The number of hydrogen-bond donors (Lipinski definition) is 1. The van der Waals surface area contributed by atoms with Crippen LogP contribution in [0, 0.1) is 17.7 Å². The molecule has 2 saturated heterocycles. The molecule has 220 valence electrons. The number of hydrogen-bond acceptors (Lipinski definition) is 6. The molecule has 1 saturated carbocycles. The van der Waals surface area contributed by atoms with Crippen LogP contribution in [0.25, 0.3) is 0 Å². The zero-order chi connectivity index (χ0) is 28.0. The highest BCUT2D eigenvalue weighted by atomic mass is 19.1. The van der Waals surface area contributed by atoms with Gasteiger partial charge < -0.3 is 28.8 Å². The molecule has 0 spiro atoms. The monoisotopic (exact) mass is 558 g/mol. The lowest BCUT2D eigenvalue weighted by Crippen LogP contribution is -2.50. The first kappa shape index (κ1) is 30.5. The molecule has 3 aliphatic rings. The number of carbonyl (C=O) groups is 1. The van der Waals surface area contributed by atoms with Gasteiger partial charge in [-0.25, -0.2) is 9.18 Å². The number of halogens is 1. The van der Waals surface area contributed by atoms with Crippen molar-refractivity contribution < 1.29 is 38.0 Å². The van der Waals surface area contributed by atoms with Crippen LogP contribution in [0.4, 0.5) is 4.39 Å². The molecule has 4 atom stereocenters. The van der Waals surface area contributed by atoms with Crippen LogP contribution in [0.1, 0.15) is 77.0 Å². The summed E-state index contributed by atoms with van der Waals surface area (Å²) in [6.07, 6.45) is 17.0. The second-order valence-electron chi connectivity index (χ2n) is 10.8. The van der Waals surface area contributed by atoms with Gasteiger partial charge in [0.05, 0.1) is 6.61 Å². The molecule has 1 aromatic carbocycles. The van der Waals surface area contributed by atoms with E-state index in [1.54, 1.807) is 18.2 Å². The first-order chi connectivity index (χ1) is 19.5. The highest BCUT2D eigenvalue weighted by molar-refractivity contribution is 5.76. The van der Waals surface area contributed by atoms with E-state index >= 15 is 0 Å². The van der Waals surface area contributed by atoms with Crippen LogP contribution in [-0.4, -0.2) is 49.3 Å². The summed E-state index contributed by atoms with van der Waals surface area (Å²) < 4.78 is 42.2. The Balaban J connectivity index is 1.29. The molecule has 1 N–H and O–H groups in total. The summed E-state index contributed by atoms with van der Waals surface area (Å²) in [5.74, 6) is -1.81. The molecule has 3 fully saturated rings. The Morgan fingerprint density at radius 2 is 1.77 bits per heavy atom. The van der Waals surface area contributed by atoms with Gasteiger partial charge in [-0.1, -0.05) is 24.6 Å². The predicted molar refractivity (Wildman–Crippen MR) is 148 cm³/mol. The van der Waals surface area contributed by atoms with Gasteiger partial charge in [0.15, 0.2) is 12.6 Å². The molecule has 4 rings (SSSR count). The number of rotatable bonds is 14. The van der Waals surface area contributed by atoms with Crippen molar-refractivity contribution in [1.82, 2.24) is 0 Å². The molecule has 40 heavy (non-hydrogen) atoms. The molecular weight excluding hydrogens is 515 g/mol. The summed E-state index contributed by atoms with van der Waals surface area (Å²) in [5.41, 5.74) is 3.19. The number of allylic oxidation sites excluding steroid dienone is 1. The molecule has 0 amide bonds. The minimum absolute atomic E-state index is 0.0118. The fourth-order valence-electron chi connectivity index (χ4n) is 5.53. The van der Waals surface area contributed by atoms with Gasteiger partial charge in [-0.15, -0.1) is 5.73 Å². The van der Waals surface area contributed by atoms with Gasteiger partial charge >= 0.3 is 5.97 Å².